The van der Waals surface area contributed by atoms with Gasteiger partial charge in [0.2, 0.25) is 6.54 Å². The number of benzene rings is 1. The van der Waals surface area contributed by atoms with Crippen molar-refractivity contribution >= 4 is 5.97 Å². The molecule has 0 aromatic heterocycles. The molecule has 2 rings (SSSR count). The highest BCUT2D eigenvalue weighted by Gasteiger charge is 2.24. The molecular weight excluding hydrogens is 302 g/mol. The van der Waals surface area contributed by atoms with Crippen LogP contribution in [0.3, 0.4) is 0 Å². The van der Waals surface area contributed by atoms with Crippen LogP contribution in [0.1, 0.15) is 43.6 Å². The van der Waals surface area contributed by atoms with Crippen LogP contribution in [0.2, 0.25) is 0 Å². The molecule has 1 aromatic carbocycles. The number of nitro groups is 1. The Kier molecular flexibility index (Phi) is 5.78. The van der Waals surface area contributed by atoms with Crippen LogP contribution >= 0.6 is 0 Å². The number of nitrogens with zero attached hydrogens (tertiary/aromatic N) is 1. The second-order valence-electron chi connectivity index (χ2n) is 5.74. The van der Waals surface area contributed by atoms with Crippen LogP contribution in [0.15, 0.2) is 18.2 Å². The predicted octanol–water partition coefficient (Wildman–Crippen LogP) is 2.85. The van der Waals surface area contributed by atoms with Crippen molar-refractivity contribution in [3.63, 3.8) is 0 Å². The Hall–Kier alpha value is -2.31. The first-order chi connectivity index (χ1) is 11.0. The number of methoxy groups -OCH3 is 1. The standard InChI is InChI=1S/C16H21NO6/c1-22-14-7-6-11(12(9-16(18)19)10-17(20)21)8-15(14)23-13-4-2-3-5-13/h6-8,12-13H,2-5,9-10H2,1H3,(H,18,19)/t12-/m0/s1. The summed E-state index contributed by atoms with van der Waals surface area (Å²) in [6.07, 6.45) is 4.01. The van der Waals surface area contributed by atoms with Crippen LogP contribution in [0.25, 0.3) is 0 Å². The van der Waals surface area contributed by atoms with E-state index in [1.165, 1.54) is 7.11 Å². The van der Waals surface area contributed by atoms with Crippen LogP contribution < -0.4 is 9.47 Å². The van der Waals surface area contributed by atoms with E-state index in [0.29, 0.717) is 17.1 Å². The average Bonchev–Trinajstić information content (AvgIpc) is 2.98. The number of carboxylic acids is 1. The first-order valence-corrected chi connectivity index (χ1v) is 7.67. The van der Waals surface area contributed by atoms with Gasteiger partial charge in [0.1, 0.15) is 0 Å². The van der Waals surface area contributed by atoms with Crippen LogP contribution in [0, 0.1) is 10.1 Å². The third-order valence-electron chi connectivity index (χ3n) is 4.05. The molecule has 1 aliphatic rings. The zero-order chi connectivity index (χ0) is 16.8. The van der Waals surface area contributed by atoms with E-state index in [0.717, 1.165) is 25.7 Å². The molecule has 1 saturated carbocycles. The molecular formula is C16H21NO6. The maximum absolute atomic E-state index is 11.0. The Morgan fingerprint density at radius 3 is 2.65 bits per heavy atom. The topological polar surface area (TPSA) is 98.9 Å². The van der Waals surface area contributed by atoms with E-state index in [9.17, 15) is 14.9 Å². The summed E-state index contributed by atoms with van der Waals surface area (Å²) in [5, 5.41) is 19.8. The van der Waals surface area contributed by atoms with Crippen molar-refractivity contribution in [2.45, 2.75) is 44.1 Å². The number of carboxylic acid groups (broad SMARTS) is 1. The molecule has 0 heterocycles. The molecule has 126 valence electrons. The van der Waals surface area contributed by atoms with Gasteiger partial charge in [-0.15, -0.1) is 0 Å². The SMILES string of the molecule is COc1ccc([C@@H](CC(=O)O)C[N+](=O)[O-])cc1OC1CCCC1. The van der Waals surface area contributed by atoms with Crippen LogP contribution in [0.5, 0.6) is 11.5 Å². The van der Waals surface area contributed by atoms with Crippen molar-refractivity contribution in [2.24, 2.45) is 0 Å². The van der Waals surface area contributed by atoms with Gasteiger partial charge < -0.3 is 14.6 Å². The fraction of sp³-hybridized carbons (Fsp3) is 0.562. The van der Waals surface area contributed by atoms with Gasteiger partial charge in [-0.3, -0.25) is 14.9 Å². The lowest BCUT2D eigenvalue weighted by Crippen LogP contribution is -2.17. The summed E-state index contributed by atoms with van der Waals surface area (Å²) in [6, 6.07) is 5.01. The van der Waals surface area contributed by atoms with E-state index in [2.05, 4.69) is 0 Å². The molecule has 23 heavy (non-hydrogen) atoms. The Labute approximate surface area is 134 Å². The number of carbonyl (C=O) groups is 1. The van der Waals surface area contributed by atoms with Crippen molar-refractivity contribution in [1.82, 2.24) is 0 Å². The van der Waals surface area contributed by atoms with Gasteiger partial charge in [0.15, 0.2) is 11.5 Å². The second kappa shape index (κ2) is 7.80. The smallest absolute Gasteiger partial charge is 0.304 e. The van der Waals surface area contributed by atoms with E-state index in [4.69, 9.17) is 14.6 Å². The Balaban J connectivity index is 2.25. The molecule has 1 fully saturated rings. The summed E-state index contributed by atoms with van der Waals surface area (Å²) in [6.45, 7) is -0.429. The predicted molar refractivity (Wildman–Crippen MR) is 82.7 cm³/mol. The first-order valence-electron chi connectivity index (χ1n) is 7.67. The van der Waals surface area contributed by atoms with Crippen molar-refractivity contribution in [1.29, 1.82) is 0 Å². The van der Waals surface area contributed by atoms with E-state index in [1.807, 2.05) is 0 Å². The molecule has 0 spiro atoms. The first kappa shape index (κ1) is 17.1. The van der Waals surface area contributed by atoms with Crippen molar-refractivity contribution in [3.8, 4) is 11.5 Å². The number of rotatable bonds is 8. The summed E-state index contributed by atoms with van der Waals surface area (Å²) in [7, 11) is 1.53. The Morgan fingerprint density at radius 1 is 1.39 bits per heavy atom. The number of hydrogen-bond donors (Lipinski definition) is 1. The molecule has 1 N–H and O–H groups in total. The highest BCUT2D eigenvalue weighted by Crippen LogP contribution is 2.35. The lowest BCUT2D eigenvalue weighted by molar-refractivity contribution is -0.483. The molecule has 0 bridgehead atoms. The average molecular weight is 323 g/mol. The monoisotopic (exact) mass is 323 g/mol. The zero-order valence-corrected chi connectivity index (χ0v) is 13.1. The fourth-order valence-electron chi connectivity index (χ4n) is 2.90. The molecule has 0 unspecified atom stereocenters. The normalized spacial score (nSPS) is 16.0. The van der Waals surface area contributed by atoms with Gasteiger partial charge in [0.05, 0.1) is 25.6 Å². The Morgan fingerprint density at radius 2 is 2.09 bits per heavy atom. The van der Waals surface area contributed by atoms with Gasteiger partial charge in [0, 0.05) is 4.92 Å². The quantitative estimate of drug-likeness (QED) is 0.583. The third-order valence-corrected chi connectivity index (χ3v) is 4.05. The second-order valence-corrected chi connectivity index (χ2v) is 5.74. The fourth-order valence-corrected chi connectivity index (χ4v) is 2.90. The molecule has 0 radical (unpaired) electrons. The van der Waals surface area contributed by atoms with Crippen LogP contribution in [0.4, 0.5) is 0 Å². The van der Waals surface area contributed by atoms with Gasteiger partial charge in [-0.05, 0) is 43.4 Å². The molecule has 7 nitrogen and oxygen atoms in total. The minimum Gasteiger partial charge on any atom is -0.493 e. The van der Waals surface area contributed by atoms with Crippen LogP contribution in [-0.4, -0.2) is 35.8 Å². The van der Waals surface area contributed by atoms with Crippen LogP contribution in [-0.2, 0) is 4.79 Å². The summed E-state index contributed by atoms with van der Waals surface area (Å²) >= 11 is 0. The molecule has 1 aliphatic carbocycles. The van der Waals surface area contributed by atoms with Gasteiger partial charge in [-0.1, -0.05) is 6.07 Å². The Bertz CT molecular complexity index is 552. The van der Waals surface area contributed by atoms with Crippen molar-refractivity contribution in [3.05, 3.63) is 33.9 Å². The molecule has 1 aromatic rings. The number of hydrogen-bond acceptors (Lipinski definition) is 5. The van der Waals surface area contributed by atoms with E-state index < -0.39 is 23.4 Å². The maximum Gasteiger partial charge on any atom is 0.304 e. The van der Waals surface area contributed by atoms with E-state index in [-0.39, 0.29) is 12.5 Å². The van der Waals surface area contributed by atoms with Gasteiger partial charge in [-0.25, -0.2) is 0 Å². The summed E-state index contributed by atoms with van der Waals surface area (Å²) in [4.78, 5) is 21.3. The van der Waals surface area contributed by atoms with Gasteiger partial charge in [-0.2, -0.15) is 0 Å². The molecule has 0 aliphatic heterocycles. The van der Waals surface area contributed by atoms with Gasteiger partial charge >= 0.3 is 5.97 Å². The van der Waals surface area contributed by atoms with E-state index in [1.54, 1.807) is 18.2 Å². The van der Waals surface area contributed by atoms with Crippen molar-refractivity contribution in [2.75, 3.05) is 13.7 Å². The molecule has 0 amide bonds. The van der Waals surface area contributed by atoms with E-state index >= 15 is 0 Å². The maximum atomic E-state index is 11.0. The minimum atomic E-state index is -1.06. The summed E-state index contributed by atoms with van der Waals surface area (Å²) in [5.74, 6) is -0.684. The lowest BCUT2D eigenvalue weighted by Gasteiger charge is -2.18. The number of ether oxygens (including phenoxy) is 2. The molecule has 0 saturated heterocycles. The third kappa shape index (κ3) is 4.84. The van der Waals surface area contributed by atoms with Crippen molar-refractivity contribution < 1.29 is 24.3 Å². The highest BCUT2D eigenvalue weighted by molar-refractivity contribution is 5.68. The largest absolute Gasteiger partial charge is 0.493 e. The van der Waals surface area contributed by atoms with Gasteiger partial charge in [0.25, 0.3) is 0 Å². The highest BCUT2D eigenvalue weighted by atomic mass is 16.6. The number of aliphatic carboxylic acids is 1. The molecule has 7 heteroatoms. The lowest BCUT2D eigenvalue weighted by atomic mass is 9.95. The molecule has 1 atom stereocenters. The summed E-state index contributed by atoms with van der Waals surface area (Å²) < 4.78 is 11.2. The zero-order valence-electron chi connectivity index (χ0n) is 13.1. The minimum absolute atomic E-state index is 0.118. The summed E-state index contributed by atoms with van der Waals surface area (Å²) in [5.41, 5.74) is 0.581.